The Kier molecular flexibility index (Phi) is 8.26. The molecule has 3 unspecified atom stereocenters. The molecular formula is C21H27F2N4O7P. The van der Waals surface area contributed by atoms with Crippen LogP contribution in [0.4, 0.5) is 14.6 Å². The molecule has 0 spiro atoms. The Hall–Kier alpha value is -2.86. The van der Waals surface area contributed by atoms with Crippen molar-refractivity contribution < 1.29 is 36.7 Å². The van der Waals surface area contributed by atoms with Crippen LogP contribution in [0.25, 0.3) is 0 Å². The van der Waals surface area contributed by atoms with Crippen molar-refractivity contribution in [1.29, 1.82) is 0 Å². The van der Waals surface area contributed by atoms with Crippen LogP contribution in [0, 0.1) is 0 Å². The summed E-state index contributed by atoms with van der Waals surface area (Å²) in [5.41, 5.74) is 4.40. The second-order valence-corrected chi connectivity index (χ2v) is 9.85. The molecule has 1 aliphatic rings. The van der Waals surface area contributed by atoms with Crippen LogP contribution < -0.4 is 21.0 Å². The van der Waals surface area contributed by atoms with E-state index in [4.69, 9.17) is 24.3 Å². The van der Waals surface area contributed by atoms with Crippen molar-refractivity contribution in [3.63, 3.8) is 0 Å². The number of anilines is 1. The van der Waals surface area contributed by atoms with Gasteiger partial charge in [0.25, 0.3) is 5.92 Å². The average Bonchev–Trinajstić information content (AvgIpc) is 3.06. The highest BCUT2D eigenvalue weighted by atomic mass is 31.2. The minimum Gasteiger partial charge on any atom is -0.462 e. The third-order valence-electron chi connectivity index (χ3n) is 4.74. The number of nitrogens with two attached hydrogens (primary N) is 1. The summed E-state index contributed by atoms with van der Waals surface area (Å²) in [6.07, 6.45) is -3.41. The normalized spacial score (nSPS) is 21.9. The zero-order chi connectivity index (χ0) is 25.8. The first-order valence-corrected chi connectivity index (χ1v) is 12.3. The van der Waals surface area contributed by atoms with Crippen LogP contribution in [0.15, 0.2) is 47.4 Å². The zero-order valence-corrected chi connectivity index (χ0v) is 20.2. The molecule has 3 N–H and O–H groups in total. The summed E-state index contributed by atoms with van der Waals surface area (Å²) in [6.45, 7) is 4.10. The minimum absolute atomic E-state index is 0.123. The van der Waals surface area contributed by atoms with Crippen LogP contribution >= 0.6 is 7.75 Å². The lowest BCUT2D eigenvalue weighted by Gasteiger charge is -2.24. The Labute approximate surface area is 200 Å². The molecule has 14 heteroatoms. The molecule has 35 heavy (non-hydrogen) atoms. The number of nitrogen functional groups attached to an aromatic ring is 1. The quantitative estimate of drug-likeness (QED) is 0.357. The number of halogens is 2. The van der Waals surface area contributed by atoms with Gasteiger partial charge in [0.1, 0.15) is 17.6 Å². The zero-order valence-electron chi connectivity index (χ0n) is 19.3. The number of rotatable bonds is 10. The third-order valence-corrected chi connectivity index (χ3v) is 6.39. The Morgan fingerprint density at radius 2 is 2.00 bits per heavy atom. The Morgan fingerprint density at radius 3 is 2.63 bits per heavy atom. The average molecular weight is 516 g/mol. The van der Waals surface area contributed by atoms with Crippen molar-refractivity contribution >= 4 is 19.5 Å². The lowest BCUT2D eigenvalue weighted by atomic mass is 10.2. The molecule has 1 aromatic carbocycles. The molecule has 2 heterocycles. The molecule has 0 bridgehead atoms. The topological polar surface area (TPSA) is 144 Å². The van der Waals surface area contributed by atoms with Gasteiger partial charge in [0, 0.05) is 12.6 Å². The maximum atomic E-state index is 14.7. The van der Waals surface area contributed by atoms with E-state index < -0.39 is 62.8 Å². The summed E-state index contributed by atoms with van der Waals surface area (Å²) in [7, 11) is -4.27. The molecule has 192 valence electrons. The number of nitrogens with zero attached hydrogens (tertiary/aromatic N) is 2. The van der Waals surface area contributed by atoms with Crippen LogP contribution in [-0.4, -0.2) is 46.3 Å². The lowest BCUT2D eigenvalue weighted by Crippen LogP contribution is -2.36. The first kappa shape index (κ1) is 26.7. The van der Waals surface area contributed by atoms with Gasteiger partial charge >= 0.3 is 19.4 Å². The van der Waals surface area contributed by atoms with E-state index in [9.17, 15) is 22.9 Å². The molecule has 1 saturated heterocycles. The van der Waals surface area contributed by atoms with Gasteiger partial charge in [0.15, 0.2) is 0 Å². The van der Waals surface area contributed by atoms with Gasteiger partial charge in [-0.1, -0.05) is 18.2 Å². The van der Waals surface area contributed by atoms with Crippen molar-refractivity contribution in [2.75, 3.05) is 12.3 Å². The molecule has 2 aromatic rings. The van der Waals surface area contributed by atoms with Crippen molar-refractivity contribution in [2.24, 2.45) is 0 Å². The Bertz CT molecular complexity index is 1130. The molecule has 0 aliphatic carbocycles. The summed E-state index contributed by atoms with van der Waals surface area (Å²) >= 11 is 0. The van der Waals surface area contributed by atoms with E-state index >= 15 is 0 Å². The van der Waals surface area contributed by atoms with Gasteiger partial charge < -0.3 is 19.7 Å². The maximum absolute atomic E-state index is 14.7. The first-order chi connectivity index (χ1) is 16.4. The number of carbonyl (C=O) groups excluding carboxylic acids is 1. The smallest absolute Gasteiger partial charge is 0.459 e. The molecule has 11 nitrogen and oxygen atoms in total. The molecule has 0 radical (unpaired) electrons. The molecular weight excluding hydrogens is 489 g/mol. The van der Waals surface area contributed by atoms with Crippen LogP contribution in [0.2, 0.25) is 0 Å². The molecule has 3 rings (SSSR count). The number of carbonyl (C=O) groups is 1. The van der Waals surface area contributed by atoms with Gasteiger partial charge in [0.2, 0.25) is 6.23 Å². The Morgan fingerprint density at radius 1 is 1.31 bits per heavy atom. The van der Waals surface area contributed by atoms with Crippen LogP contribution in [0.5, 0.6) is 5.75 Å². The van der Waals surface area contributed by atoms with E-state index in [0.29, 0.717) is 4.57 Å². The molecule has 1 aliphatic heterocycles. The van der Waals surface area contributed by atoms with Crippen molar-refractivity contribution in [1.82, 2.24) is 14.6 Å². The lowest BCUT2D eigenvalue weighted by molar-refractivity contribution is -0.149. The van der Waals surface area contributed by atoms with Crippen molar-refractivity contribution in [3.8, 4) is 5.75 Å². The molecule has 1 aromatic heterocycles. The monoisotopic (exact) mass is 516 g/mol. The first-order valence-electron chi connectivity index (χ1n) is 10.7. The molecule has 0 saturated carbocycles. The fourth-order valence-electron chi connectivity index (χ4n) is 3.22. The number of hydrogen-bond donors (Lipinski definition) is 2. The van der Waals surface area contributed by atoms with Crippen molar-refractivity contribution in [3.05, 3.63) is 53.1 Å². The fraction of sp³-hybridized carbons (Fsp3) is 0.476. The Balaban J connectivity index is 1.74. The number of aromatic nitrogens is 2. The van der Waals surface area contributed by atoms with Crippen molar-refractivity contribution in [2.45, 2.75) is 57.6 Å². The molecule has 1 fully saturated rings. The van der Waals surface area contributed by atoms with Gasteiger partial charge in [-0.3, -0.25) is 13.9 Å². The summed E-state index contributed by atoms with van der Waals surface area (Å²) in [6, 6.07) is 8.05. The second kappa shape index (κ2) is 10.8. The van der Waals surface area contributed by atoms with Crippen LogP contribution in [0.3, 0.4) is 0 Å². The number of alkyl halides is 2. The number of para-hydroxylation sites is 1. The summed E-state index contributed by atoms with van der Waals surface area (Å²) in [5, 5.41) is 2.46. The van der Waals surface area contributed by atoms with Gasteiger partial charge in [-0.05, 0) is 39.0 Å². The molecule has 4 atom stereocenters. The minimum atomic E-state index is -4.27. The SMILES string of the molecule is CC(C)OC(=O)[C@H](C)NP(=O)(OCC1CC(F)(F)C(n2ccc(N)nc2=O)O1)Oc1ccccc1. The van der Waals surface area contributed by atoms with Gasteiger partial charge in [-0.2, -0.15) is 10.1 Å². The predicted octanol–water partition coefficient (Wildman–Crippen LogP) is 2.88. The number of hydrogen-bond acceptors (Lipinski definition) is 9. The second-order valence-electron chi connectivity index (χ2n) is 8.15. The van der Waals surface area contributed by atoms with E-state index in [-0.39, 0.29) is 11.6 Å². The van der Waals surface area contributed by atoms with E-state index in [2.05, 4.69) is 10.1 Å². The van der Waals surface area contributed by atoms with Gasteiger partial charge in [-0.15, -0.1) is 0 Å². The van der Waals surface area contributed by atoms with E-state index in [1.165, 1.54) is 25.1 Å². The third kappa shape index (κ3) is 7.07. The highest BCUT2D eigenvalue weighted by molar-refractivity contribution is 7.52. The number of esters is 1. The summed E-state index contributed by atoms with van der Waals surface area (Å²) < 4.78 is 64.7. The van der Waals surface area contributed by atoms with E-state index in [1.807, 2.05) is 0 Å². The standard InChI is InChI=1S/C21H27F2N4O7P/c1-13(2)32-18(28)14(3)26-35(30,34-15-7-5-4-6-8-15)31-12-16-11-21(22,23)19(33-16)27-10-9-17(24)25-20(27)29/h4-10,13-14,16,19H,11-12H2,1-3H3,(H,26,30)(H2,24,25,29)/t14-,16?,19?,35?/m0/s1. The van der Waals surface area contributed by atoms with Crippen LogP contribution in [0.1, 0.15) is 33.4 Å². The van der Waals surface area contributed by atoms with Crippen LogP contribution in [-0.2, 0) is 23.4 Å². The fourth-order valence-corrected chi connectivity index (χ4v) is 4.74. The van der Waals surface area contributed by atoms with E-state index in [0.717, 1.165) is 6.20 Å². The largest absolute Gasteiger partial charge is 0.462 e. The number of benzene rings is 1. The number of ether oxygens (including phenoxy) is 2. The summed E-state index contributed by atoms with van der Waals surface area (Å²) in [5.74, 6) is -4.13. The number of nitrogens with one attached hydrogen (secondary N) is 1. The predicted molar refractivity (Wildman–Crippen MR) is 121 cm³/mol. The molecule has 0 amide bonds. The highest BCUT2D eigenvalue weighted by Gasteiger charge is 2.52. The van der Waals surface area contributed by atoms with Gasteiger partial charge in [-0.25, -0.2) is 18.1 Å². The summed E-state index contributed by atoms with van der Waals surface area (Å²) in [4.78, 5) is 27.6. The van der Waals surface area contributed by atoms with Gasteiger partial charge in [0.05, 0.1) is 18.8 Å². The highest BCUT2D eigenvalue weighted by Crippen LogP contribution is 2.47. The van der Waals surface area contributed by atoms with E-state index in [1.54, 1.807) is 32.0 Å². The maximum Gasteiger partial charge on any atom is 0.459 e.